The van der Waals surface area contributed by atoms with Crippen LogP contribution in [-0.2, 0) is 16.4 Å². The third kappa shape index (κ3) is 3.34. The van der Waals surface area contributed by atoms with Gasteiger partial charge >= 0.3 is 5.97 Å². The van der Waals surface area contributed by atoms with Gasteiger partial charge in [0, 0.05) is 19.1 Å². The normalized spacial score (nSPS) is 22.6. The molecular formula is C13H16FNO4S. The molecule has 7 heteroatoms. The summed E-state index contributed by atoms with van der Waals surface area (Å²) in [6.07, 6.45) is 0. The Kier molecular flexibility index (Phi) is 4.10. The number of carboxylic acids is 1. The molecule has 1 unspecified atom stereocenters. The summed E-state index contributed by atoms with van der Waals surface area (Å²) in [6.45, 7) is 2.46. The second-order valence-corrected chi connectivity index (χ2v) is 7.27. The number of benzene rings is 1. The lowest BCUT2D eigenvalue weighted by atomic mass is 10.1. The smallest absolute Gasteiger partial charge is 0.336 e. The first-order valence-electron chi connectivity index (χ1n) is 6.25. The Hall–Kier alpha value is -1.47. The van der Waals surface area contributed by atoms with Crippen molar-refractivity contribution in [2.75, 3.05) is 18.1 Å². The third-order valence-corrected chi connectivity index (χ3v) is 5.28. The van der Waals surface area contributed by atoms with Crippen LogP contribution in [0, 0.1) is 5.82 Å². The molecule has 2 rings (SSSR count). The maximum Gasteiger partial charge on any atom is 0.336 e. The molecule has 0 aromatic heterocycles. The largest absolute Gasteiger partial charge is 0.478 e. The van der Waals surface area contributed by atoms with E-state index < -0.39 is 21.6 Å². The van der Waals surface area contributed by atoms with Crippen molar-refractivity contribution < 1.29 is 22.7 Å². The van der Waals surface area contributed by atoms with Gasteiger partial charge in [0.2, 0.25) is 0 Å². The maximum atomic E-state index is 13.1. The highest BCUT2D eigenvalue weighted by Crippen LogP contribution is 2.18. The molecule has 5 nitrogen and oxygen atoms in total. The molecule has 110 valence electrons. The molecular weight excluding hydrogens is 285 g/mol. The Morgan fingerprint density at radius 3 is 2.80 bits per heavy atom. The first-order valence-corrected chi connectivity index (χ1v) is 8.07. The van der Waals surface area contributed by atoms with Crippen molar-refractivity contribution in [2.24, 2.45) is 0 Å². The topological polar surface area (TPSA) is 74.7 Å². The number of halogens is 1. The van der Waals surface area contributed by atoms with Crippen LogP contribution in [0.1, 0.15) is 22.8 Å². The van der Waals surface area contributed by atoms with Crippen LogP contribution >= 0.6 is 0 Å². The summed E-state index contributed by atoms with van der Waals surface area (Å²) < 4.78 is 36.1. The van der Waals surface area contributed by atoms with Crippen molar-refractivity contribution in [2.45, 2.75) is 19.5 Å². The fourth-order valence-electron chi connectivity index (χ4n) is 2.37. The van der Waals surface area contributed by atoms with E-state index in [1.54, 1.807) is 6.92 Å². The van der Waals surface area contributed by atoms with Crippen molar-refractivity contribution >= 4 is 15.8 Å². The molecule has 1 N–H and O–H groups in total. The lowest BCUT2D eigenvalue weighted by Gasteiger charge is -2.33. The summed E-state index contributed by atoms with van der Waals surface area (Å²) in [5, 5.41) is 9.09. The van der Waals surface area contributed by atoms with Crippen LogP contribution in [0.4, 0.5) is 4.39 Å². The number of sulfone groups is 1. The van der Waals surface area contributed by atoms with Crippen LogP contribution in [-0.4, -0.2) is 48.5 Å². The Morgan fingerprint density at radius 1 is 1.50 bits per heavy atom. The fraction of sp³-hybridized carbons (Fsp3) is 0.462. The zero-order chi connectivity index (χ0) is 14.9. The Morgan fingerprint density at radius 2 is 2.20 bits per heavy atom. The van der Waals surface area contributed by atoms with E-state index in [1.165, 1.54) is 12.1 Å². The Labute approximate surface area is 116 Å². The highest BCUT2D eigenvalue weighted by molar-refractivity contribution is 7.91. The van der Waals surface area contributed by atoms with Crippen molar-refractivity contribution in [3.05, 3.63) is 35.1 Å². The quantitative estimate of drug-likeness (QED) is 0.906. The van der Waals surface area contributed by atoms with E-state index in [9.17, 15) is 17.6 Å². The molecule has 1 aliphatic heterocycles. The van der Waals surface area contributed by atoms with E-state index in [0.29, 0.717) is 18.7 Å². The van der Waals surface area contributed by atoms with Crippen LogP contribution < -0.4 is 0 Å². The highest BCUT2D eigenvalue weighted by Gasteiger charge is 2.28. The fourth-order valence-corrected chi connectivity index (χ4v) is 4.00. The summed E-state index contributed by atoms with van der Waals surface area (Å²) in [5.41, 5.74) is 0.413. The minimum Gasteiger partial charge on any atom is -0.478 e. The molecule has 1 fully saturated rings. The molecule has 0 saturated carbocycles. The molecule has 0 amide bonds. The van der Waals surface area contributed by atoms with E-state index in [1.807, 2.05) is 4.90 Å². The number of rotatable bonds is 3. The molecule has 1 heterocycles. The van der Waals surface area contributed by atoms with Gasteiger partial charge in [0.1, 0.15) is 5.82 Å². The molecule has 20 heavy (non-hydrogen) atoms. The summed E-state index contributed by atoms with van der Waals surface area (Å²) in [4.78, 5) is 13.0. The highest BCUT2D eigenvalue weighted by atomic mass is 32.2. The van der Waals surface area contributed by atoms with Crippen LogP contribution in [0.3, 0.4) is 0 Å². The summed E-state index contributed by atoms with van der Waals surface area (Å²) in [5.74, 6) is -1.64. The number of nitrogens with zero attached hydrogens (tertiary/aromatic N) is 1. The van der Waals surface area contributed by atoms with Gasteiger partial charge in [-0.3, -0.25) is 4.90 Å². The molecule has 0 radical (unpaired) electrons. The first-order chi connectivity index (χ1) is 9.28. The van der Waals surface area contributed by atoms with Crippen molar-refractivity contribution in [1.29, 1.82) is 0 Å². The first kappa shape index (κ1) is 14.9. The molecule has 0 spiro atoms. The lowest BCUT2D eigenvalue weighted by Crippen LogP contribution is -2.46. The van der Waals surface area contributed by atoms with Crippen LogP contribution in [0.25, 0.3) is 0 Å². The molecule has 0 aliphatic carbocycles. The van der Waals surface area contributed by atoms with Crippen molar-refractivity contribution in [3.8, 4) is 0 Å². The van der Waals surface area contributed by atoms with Gasteiger partial charge in [0.05, 0.1) is 17.1 Å². The zero-order valence-corrected chi connectivity index (χ0v) is 11.9. The van der Waals surface area contributed by atoms with Gasteiger partial charge in [0.25, 0.3) is 0 Å². The standard InChI is InChI=1S/C13H16FNO4S/c1-9-8-20(18,19)5-4-15(9)7-10-2-3-11(14)6-12(10)13(16)17/h2-3,6,9H,4-5,7-8H2,1H3,(H,16,17). The number of aromatic carboxylic acids is 1. The average molecular weight is 301 g/mol. The third-order valence-electron chi connectivity index (χ3n) is 3.48. The van der Waals surface area contributed by atoms with Crippen LogP contribution in [0.2, 0.25) is 0 Å². The Bertz CT molecular complexity index is 629. The number of carboxylic acid groups (broad SMARTS) is 1. The second-order valence-electron chi connectivity index (χ2n) is 5.04. The maximum absolute atomic E-state index is 13.1. The van der Waals surface area contributed by atoms with E-state index in [0.717, 1.165) is 6.07 Å². The predicted octanol–water partition coefficient (Wildman–Crippen LogP) is 1.14. The number of carbonyl (C=O) groups is 1. The van der Waals surface area contributed by atoms with Gasteiger partial charge in [-0.2, -0.15) is 0 Å². The number of hydrogen-bond donors (Lipinski definition) is 1. The summed E-state index contributed by atoms with van der Waals surface area (Å²) in [7, 11) is -3.01. The van der Waals surface area contributed by atoms with E-state index in [-0.39, 0.29) is 23.1 Å². The minimum atomic E-state index is -3.01. The van der Waals surface area contributed by atoms with Crippen LogP contribution in [0.5, 0.6) is 0 Å². The summed E-state index contributed by atoms with van der Waals surface area (Å²) in [6, 6.07) is 3.46. The zero-order valence-electron chi connectivity index (χ0n) is 11.0. The van der Waals surface area contributed by atoms with Gasteiger partial charge in [-0.05, 0) is 24.6 Å². The molecule has 0 bridgehead atoms. The molecule has 1 aliphatic rings. The molecule has 1 aromatic carbocycles. The van der Waals surface area contributed by atoms with Gasteiger partial charge in [-0.1, -0.05) is 6.07 Å². The van der Waals surface area contributed by atoms with E-state index in [2.05, 4.69) is 0 Å². The minimum absolute atomic E-state index is 0.0661. The van der Waals surface area contributed by atoms with Crippen LogP contribution in [0.15, 0.2) is 18.2 Å². The Balaban J connectivity index is 2.21. The van der Waals surface area contributed by atoms with Gasteiger partial charge in [-0.15, -0.1) is 0 Å². The van der Waals surface area contributed by atoms with Gasteiger partial charge in [-0.25, -0.2) is 17.6 Å². The lowest BCUT2D eigenvalue weighted by molar-refractivity contribution is 0.0693. The summed E-state index contributed by atoms with van der Waals surface area (Å²) >= 11 is 0. The van der Waals surface area contributed by atoms with Gasteiger partial charge < -0.3 is 5.11 Å². The van der Waals surface area contributed by atoms with Gasteiger partial charge in [0.15, 0.2) is 9.84 Å². The van der Waals surface area contributed by atoms with Crippen molar-refractivity contribution in [3.63, 3.8) is 0 Å². The molecule has 1 aromatic rings. The second kappa shape index (κ2) is 5.49. The van der Waals surface area contributed by atoms with E-state index >= 15 is 0 Å². The average Bonchev–Trinajstić information content (AvgIpc) is 2.33. The predicted molar refractivity (Wildman–Crippen MR) is 71.9 cm³/mol. The molecule has 1 saturated heterocycles. The number of hydrogen-bond acceptors (Lipinski definition) is 4. The monoisotopic (exact) mass is 301 g/mol. The SMILES string of the molecule is CC1CS(=O)(=O)CCN1Cc1ccc(F)cc1C(=O)O. The van der Waals surface area contributed by atoms with Crippen molar-refractivity contribution in [1.82, 2.24) is 4.90 Å². The van der Waals surface area contributed by atoms with E-state index in [4.69, 9.17) is 5.11 Å². The molecule has 1 atom stereocenters.